The lowest BCUT2D eigenvalue weighted by molar-refractivity contribution is 0.566. The van der Waals surface area contributed by atoms with E-state index >= 15 is 0 Å². The molecule has 0 N–H and O–H groups in total. The summed E-state index contributed by atoms with van der Waals surface area (Å²) in [4.78, 5) is 9.63. The summed E-state index contributed by atoms with van der Waals surface area (Å²) in [5.74, 6) is 0. The molecule has 0 aromatic heterocycles. The minimum atomic E-state index is -2.95. The normalized spacial score (nSPS) is 9.42. The van der Waals surface area contributed by atoms with Crippen molar-refractivity contribution in [2.24, 2.45) is 4.40 Å². The number of hydrogen-bond acceptors (Lipinski definition) is 7. The zero-order valence-corrected chi connectivity index (χ0v) is 7.05. The largest absolute Gasteiger partial charge is 0.337 e. The van der Waals surface area contributed by atoms with E-state index in [0.29, 0.717) is 11.0 Å². The van der Waals surface area contributed by atoms with E-state index in [4.69, 9.17) is 15.8 Å². The fraction of sp³-hybridized carbons (Fsp3) is 0. The molecule has 0 saturated carbocycles. The van der Waals surface area contributed by atoms with E-state index in [1.165, 1.54) is 17.1 Å². The number of nitriles is 3. The first-order valence-electron chi connectivity index (χ1n) is 2.23. The molecular formula is C4N4O2S2. The van der Waals surface area contributed by atoms with Crippen molar-refractivity contribution < 1.29 is 8.98 Å². The number of carbonyl (C=O) groups excluding carboxylic acids is 1. The zero-order valence-electron chi connectivity index (χ0n) is 5.42. The Morgan fingerprint density at radius 2 is 1.92 bits per heavy atom. The molecule has 0 spiro atoms. The molecule has 0 rings (SSSR count). The van der Waals surface area contributed by atoms with Crippen LogP contribution in [0.1, 0.15) is 0 Å². The summed E-state index contributed by atoms with van der Waals surface area (Å²) in [5, 5.41) is 27.8. The van der Waals surface area contributed by atoms with Crippen LogP contribution in [0.3, 0.4) is 0 Å². The van der Waals surface area contributed by atoms with Crippen LogP contribution in [0.2, 0.25) is 0 Å². The second kappa shape index (κ2) is 5.06. The maximum absolute atomic E-state index is 9.63. The molecule has 0 aliphatic rings. The molecule has 6 nitrogen and oxygen atoms in total. The lowest BCUT2D eigenvalue weighted by Crippen LogP contribution is -1.87. The molecular weight excluding hydrogens is 200 g/mol. The molecule has 0 fully saturated rings. The standard InChI is InChI=1S/C4N4O2S2/c5-1-10-12(2-6,3-7)11-8-4-9. The van der Waals surface area contributed by atoms with Crippen molar-refractivity contribution in [3.8, 4) is 17.1 Å². The Hall–Kier alpha value is -1.65. The van der Waals surface area contributed by atoms with E-state index in [2.05, 4.69) is 8.58 Å². The second-order valence-electron chi connectivity index (χ2n) is 1.12. The Kier molecular flexibility index (Phi) is 4.36. The van der Waals surface area contributed by atoms with Gasteiger partial charge in [-0.3, -0.25) is 0 Å². The topological polar surface area (TPSA) is 110 Å². The molecule has 0 radical (unpaired) electrons. The average Bonchev–Trinajstić information content (AvgIpc) is 2.13. The van der Waals surface area contributed by atoms with Crippen molar-refractivity contribution in [2.45, 2.75) is 0 Å². The molecule has 8 heteroatoms. The van der Waals surface area contributed by atoms with E-state index in [1.807, 2.05) is 0 Å². The van der Waals surface area contributed by atoms with E-state index in [1.54, 1.807) is 0 Å². The van der Waals surface area contributed by atoms with Gasteiger partial charge < -0.3 is 4.18 Å². The third-order valence-electron chi connectivity index (χ3n) is 0.574. The number of rotatable bonds is 3. The van der Waals surface area contributed by atoms with Crippen LogP contribution >= 0.6 is 20.3 Å². The molecule has 0 heterocycles. The van der Waals surface area contributed by atoms with Crippen LogP contribution in [0.5, 0.6) is 0 Å². The van der Waals surface area contributed by atoms with Crippen LogP contribution in [-0.4, -0.2) is 6.08 Å². The summed E-state index contributed by atoms with van der Waals surface area (Å²) >= 11 is 0. The highest BCUT2D eigenvalue weighted by Crippen LogP contribution is 2.59. The van der Waals surface area contributed by atoms with Gasteiger partial charge in [-0.1, -0.05) is 0 Å². The van der Waals surface area contributed by atoms with Gasteiger partial charge in [0.25, 0.3) is 0 Å². The Morgan fingerprint density at radius 1 is 1.33 bits per heavy atom. The minimum absolute atomic E-state index is 0.311. The SMILES string of the molecule is N#COS(C#N)(C#N)SN=C=O. The molecule has 0 amide bonds. The molecule has 0 atom stereocenters. The van der Waals surface area contributed by atoms with Crippen LogP contribution < -0.4 is 0 Å². The molecule has 0 bridgehead atoms. The van der Waals surface area contributed by atoms with E-state index in [0.717, 1.165) is 6.08 Å². The maximum Gasteiger partial charge on any atom is 0.300 e. The van der Waals surface area contributed by atoms with Gasteiger partial charge >= 0.3 is 6.26 Å². The Morgan fingerprint density at radius 3 is 2.25 bits per heavy atom. The van der Waals surface area contributed by atoms with Gasteiger partial charge in [-0.2, -0.15) is 10.5 Å². The average molecular weight is 200 g/mol. The molecule has 0 unspecified atom stereocenters. The van der Waals surface area contributed by atoms with E-state index in [9.17, 15) is 4.79 Å². The maximum atomic E-state index is 9.63. The smallest absolute Gasteiger partial charge is 0.300 e. The van der Waals surface area contributed by atoms with Crippen molar-refractivity contribution >= 4 is 26.4 Å². The minimum Gasteiger partial charge on any atom is -0.337 e. The highest BCUT2D eigenvalue weighted by atomic mass is 33.2. The number of hydrogen-bond donors (Lipinski definition) is 0. The lowest BCUT2D eigenvalue weighted by Gasteiger charge is -2.12. The monoisotopic (exact) mass is 200 g/mol. The third-order valence-corrected chi connectivity index (χ3v) is 3.23. The summed E-state index contributed by atoms with van der Waals surface area (Å²) in [7, 11) is -2.64. The first-order chi connectivity index (χ1) is 5.74. The van der Waals surface area contributed by atoms with Gasteiger partial charge in [-0.15, -0.1) is 9.66 Å². The van der Waals surface area contributed by atoms with Crippen molar-refractivity contribution in [3.05, 3.63) is 0 Å². The van der Waals surface area contributed by atoms with Crippen molar-refractivity contribution in [3.63, 3.8) is 0 Å². The van der Waals surface area contributed by atoms with Crippen LogP contribution in [0.4, 0.5) is 0 Å². The van der Waals surface area contributed by atoms with Gasteiger partial charge in [0.05, 0.1) is 0 Å². The highest BCUT2D eigenvalue weighted by Gasteiger charge is 2.27. The van der Waals surface area contributed by atoms with E-state index < -0.39 is 9.34 Å². The predicted octanol–water partition coefficient (Wildman–Crippen LogP) is 1.06. The van der Waals surface area contributed by atoms with Gasteiger partial charge in [0.1, 0.15) is 11.0 Å². The Balaban J connectivity index is 4.65. The first-order valence-corrected chi connectivity index (χ1v) is 5.08. The Labute approximate surface area is 73.1 Å². The summed E-state index contributed by atoms with van der Waals surface area (Å²) < 4.78 is 7.12. The molecule has 0 aromatic carbocycles. The fourth-order valence-corrected chi connectivity index (χ4v) is 1.47. The predicted molar refractivity (Wildman–Crippen MR) is 41.2 cm³/mol. The van der Waals surface area contributed by atoms with Gasteiger partial charge in [-0.05, 0) is 0 Å². The van der Waals surface area contributed by atoms with Gasteiger partial charge in [0.15, 0.2) is 20.1 Å². The molecule has 0 aromatic rings. The summed E-state index contributed by atoms with van der Waals surface area (Å²) in [6.45, 7) is 0. The molecule has 60 valence electrons. The number of thiocyanates is 2. The highest BCUT2D eigenvalue weighted by molar-refractivity contribution is 8.95. The van der Waals surface area contributed by atoms with Crippen LogP contribution in [-0.2, 0) is 8.98 Å². The summed E-state index contributed by atoms with van der Waals surface area (Å²) in [6, 6.07) is 0. The molecule has 0 saturated heterocycles. The zero-order chi connectivity index (χ0) is 9.45. The Bertz CT molecular complexity index is 314. The molecule has 12 heavy (non-hydrogen) atoms. The van der Waals surface area contributed by atoms with Crippen LogP contribution in [0.15, 0.2) is 4.40 Å². The quantitative estimate of drug-likeness (QED) is 0.221. The molecule has 0 aliphatic carbocycles. The molecule has 0 aliphatic heterocycles. The van der Waals surface area contributed by atoms with Crippen molar-refractivity contribution in [1.82, 2.24) is 0 Å². The van der Waals surface area contributed by atoms with Crippen molar-refractivity contribution in [1.29, 1.82) is 15.8 Å². The van der Waals surface area contributed by atoms with Gasteiger partial charge in [0.2, 0.25) is 6.08 Å². The van der Waals surface area contributed by atoms with Gasteiger partial charge in [-0.25, -0.2) is 4.79 Å². The number of nitrogens with zero attached hydrogens (tertiary/aromatic N) is 4. The van der Waals surface area contributed by atoms with E-state index in [-0.39, 0.29) is 0 Å². The van der Waals surface area contributed by atoms with Crippen LogP contribution in [0, 0.1) is 32.8 Å². The summed E-state index contributed by atoms with van der Waals surface area (Å²) in [5.41, 5.74) is 0. The van der Waals surface area contributed by atoms with Crippen molar-refractivity contribution in [2.75, 3.05) is 0 Å². The lowest BCUT2D eigenvalue weighted by atomic mass is 11.6. The first kappa shape index (κ1) is 10.3. The summed E-state index contributed by atoms with van der Waals surface area (Å²) in [6.07, 6.45) is 2.32. The second-order valence-corrected chi connectivity index (χ2v) is 4.84. The fourth-order valence-electron chi connectivity index (χ4n) is 0.226. The number of isocyanates is 1. The van der Waals surface area contributed by atoms with Gasteiger partial charge in [0, 0.05) is 0 Å². The third kappa shape index (κ3) is 2.53. The van der Waals surface area contributed by atoms with Crippen LogP contribution in [0.25, 0.3) is 0 Å².